The van der Waals surface area contributed by atoms with Crippen molar-refractivity contribution in [1.29, 1.82) is 0 Å². The molecule has 1 N–H and O–H groups in total. The summed E-state index contributed by atoms with van der Waals surface area (Å²) < 4.78 is 6.46. The SMILES string of the molecule is CCOCCCNC(=O)c1ccc(-n2nnc3ccccc3c2=O)cc1. The van der Waals surface area contributed by atoms with Gasteiger partial charge in [0.15, 0.2) is 0 Å². The Bertz CT molecular complexity index is 951. The van der Waals surface area contributed by atoms with E-state index >= 15 is 0 Å². The van der Waals surface area contributed by atoms with Gasteiger partial charge in [-0.1, -0.05) is 17.3 Å². The van der Waals surface area contributed by atoms with Crippen LogP contribution >= 0.6 is 0 Å². The van der Waals surface area contributed by atoms with Crippen molar-refractivity contribution in [3.63, 3.8) is 0 Å². The molecule has 0 bridgehead atoms. The molecule has 26 heavy (non-hydrogen) atoms. The highest BCUT2D eigenvalue weighted by molar-refractivity contribution is 5.94. The first-order valence-corrected chi connectivity index (χ1v) is 8.52. The van der Waals surface area contributed by atoms with Gasteiger partial charge in [-0.25, -0.2) is 0 Å². The zero-order chi connectivity index (χ0) is 18.4. The van der Waals surface area contributed by atoms with Crippen LogP contribution in [0.2, 0.25) is 0 Å². The maximum atomic E-state index is 12.5. The lowest BCUT2D eigenvalue weighted by atomic mass is 10.2. The number of benzene rings is 2. The fourth-order valence-electron chi connectivity index (χ4n) is 2.53. The molecule has 0 atom stereocenters. The summed E-state index contributed by atoms with van der Waals surface area (Å²) in [6.45, 7) is 3.79. The van der Waals surface area contributed by atoms with Gasteiger partial charge >= 0.3 is 0 Å². The standard InChI is InChI=1S/C19H20N4O3/c1-2-26-13-5-12-20-18(24)14-8-10-15(11-9-14)23-19(25)16-6-3-4-7-17(16)21-22-23/h3-4,6-11H,2,5,12-13H2,1H3,(H,20,24). The van der Waals surface area contributed by atoms with Gasteiger partial charge in [-0.15, -0.1) is 5.10 Å². The second kappa shape index (κ2) is 8.35. The van der Waals surface area contributed by atoms with E-state index in [4.69, 9.17) is 4.74 Å². The molecule has 3 aromatic rings. The van der Waals surface area contributed by atoms with Crippen LogP contribution in [0.1, 0.15) is 23.7 Å². The molecular formula is C19H20N4O3. The molecule has 0 aliphatic rings. The number of nitrogens with one attached hydrogen (secondary N) is 1. The van der Waals surface area contributed by atoms with E-state index in [-0.39, 0.29) is 11.5 Å². The summed E-state index contributed by atoms with van der Waals surface area (Å²) >= 11 is 0. The third-order valence-electron chi connectivity index (χ3n) is 3.90. The van der Waals surface area contributed by atoms with Crippen molar-refractivity contribution in [1.82, 2.24) is 20.3 Å². The van der Waals surface area contributed by atoms with E-state index in [1.807, 2.05) is 13.0 Å². The minimum atomic E-state index is -0.247. The monoisotopic (exact) mass is 352 g/mol. The Morgan fingerprint density at radius 3 is 2.69 bits per heavy atom. The van der Waals surface area contributed by atoms with Crippen molar-refractivity contribution in [2.75, 3.05) is 19.8 Å². The van der Waals surface area contributed by atoms with Gasteiger partial charge in [0, 0.05) is 25.3 Å². The summed E-state index contributed by atoms with van der Waals surface area (Å²) in [4.78, 5) is 24.7. The number of fused-ring (bicyclic) bond motifs is 1. The topological polar surface area (TPSA) is 86.1 Å². The molecule has 0 spiro atoms. The molecule has 0 saturated carbocycles. The molecule has 1 heterocycles. The Balaban J connectivity index is 1.73. The molecule has 0 saturated heterocycles. The molecule has 1 aromatic heterocycles. The van der Waals surface area contributed by atoms with Gasteiger partial charge in [0.05, 0.1) is 11.1 Å². The second-order valence-electron chi connectivity index (χ2n) is 5.68. The highest BCUT2D eigenvalue weighted by Crippen LogP contribution is 2.09. The fourth-order valence-corrected chi connectivity index (χ4v) is 2.53. The molecule has 0 aliphatic heterocycles. The maximum Gasteiger partial charge on any atom is 0.282 e. The predicted molar refractivity (Wildman–Crippen MR) is 98.6 cm³/mol. The van der Waals surface area contributed by atoms with Crippen molar-refractivity contribution in [2.45, 2.75) is 13.3 Å². The number of ether oxygens (including phenoxy) is 1. The van der Waals surface area contributed by atoms with E-state index in [0.29, 0.717) is 41.9 Å². The van der Waals surface area contributed by atoms with Gasteiger partial charge in [0.2, 0.25) is 0 Å². The number of hydrogen-bond acceptors (Lipinski definition) is 5. The Labute approximate surface area is 150 Å². The van der Waals surface area contributed by atoms with Crippen LogP contribution in [0.25, 0.3) is 16.6 Å². The quantitative estimate of drug-likeness (QED) is 0.657. The summed E-state index contributed by atoms with van der Waals surface area (Å²) in [5.74, 6) is -0.162. The second-order valence-corrected chi connectivity index (χ2v) is 5.68. The molecule has 0 radical (unpaired) electrons. The fraction of sp³-hybridized carbons (Fsp3) is 0.263. The summed E-state index contributed by atoms with van der Waals surface area (Å²) in [5, 5.41) is 11.4. The number of nitrogens with zero attached hydrogens (tertiary/aromatic N) is 3. The average molecular weight is 352 g/mol. The van der Waals surface area contributed by atoms with Gasteiger partial charge in [-0.05, 0) is 49.7 Å². The van der Waals surface area contributed by atoms with Crippen molar-refractivity contribution < 1.29 is 9.53 Å². The van der Waals surface area contributed by atoms with Crippen LogP contribution in [0, 0.1) is 0 Å². The number of carbonyl (C=O) groups excluding carboxylic acids is 1. The van der Waals surface area contributed by atoms with E-state index < -0.39 is 0 Å². The first-order chi connectivity index (χ1) is 12.7. The van der Waals surface area contributed by atoms with Gasteiger partial charge in [-0.2, -0.15) is 4.68 Å². The largest absolute Gasteiger partial charge is 0.382 e. The van der Waals surface area contributed by atoms with Gasteiger partial charge in [0.1, 0.15) is 5.52 Å². The summed E-state index contributed by atoms with van der Waals surface area (Å²) in [6, 6.07) is 13.7. The van der Waals surface area contributed by atoms with Crippen molar-refractivity contribution >= 4 is 16.8 Å². The first-order valence-electron chi connectivity index (χ1n) is 8.52. The normalized spacial score (nSPS) is 10.8. The van der Waals surface area contributed by atoms with E-state index in [1.54, 1.807) is 42.5 Å². The molecule has 0 fully saturated rings. The lowest BCUT2D eigenvalue weighted by molar-refractivity contribution is 0.0944. The average Bonchev–Trinajstić information content (AvgIpc) is 2.68. The van der Waals surface area contributed by atoms with Crippen LogP contribution in [0.15, 0.2) is 53.3 Å². The molecular weight excluding hydrogens is 332 g/mol. The zero-order valence-electron chi connectivity index (χ0n) is 14.5. The van der Waals surface area contributed by atoms with Crippen LogP contribution < -0.4 is 10.9 Å². The number of rotatable bonds is 7. The Hall–Kier alpha value is -3.06. The number of amides is 1. The van der Waals surface area contributed by atoms with Crippen LogP contribution in [-0.4, -0.2) is 40.7 Å². The minimum Gasteiger partial charge on any atom is -0.382 e. The Morgan fingerprint density at radius 1 is 1.15 bits per heavy atom. The van der Waals surface area contributed by atoms with Crippen LogP contribution in [-0.2, 0) is 4.74 Å². The molecule has 0 unspecified atom stereocenters. The highest BCUT2D eigenvalue weighted by Gasteiger charge is 2.09. The molecule has 3 rings (SSSR count). The number of aromatic nitrogens is 3. The van der Waals surface area contributed by atoms with Crippen LogP contribution in [0.4, 0.5) is 0 Å². The molecule has 1 amide bonds. The maximum absolute atomic E-state index is 12.5. The van der Waals surface area contributed by atoms with Crippen molar-refractivity contribution in [3.05, 3.63) is 64.4 Å². The third kappa shape index (κ3) is 3.94. The summed E-state index contributed by atoms with van der Waals surface area (Å²) in [7, 11) is 0. The third-order valence-corrected chi connectivity index (χ3v) is 3.90. The lowest BCUT2D eigenvalue weighted by Gasteiger charge is -2.07. The van der Waals surface area contributed by atoms with Gasteiger partial charge in [-0.3, -0.25) is 9.59 Å². The summed E-state index contributed by atoms with van der Waals surface area (Å²) in [6.07, 6.45) is 0.764. The summed E-state index contributed by atoms with van der Waals surface area (Å²) in [5.41, 5.74) is 1.38. The van der Waals surface area contributed by atoms with E-state index in [9.17, 15) is 9.59 Å². The lowest BCUT2D eigenvalue weighted by Crippen LogP contribution is -2.25. The Morgan fingerprint density at radius 2 is 1.92 bits per heavy atom. The molecule has 2 aromatic carbocycles. The van der Waals surface area contributed by atoms with Crippen LogP contribution in [0.5, 0.6) is 0 Å². The van der Waals surface area contributed by atoms with E-state index in [1.165, 1.54) is 4.68 Å². The molecule has 7 nitrogen and oxygen atoms in total. The highest BCUT2D eigenvalue weighted by atomic mass is 16.5. The molecule has 7 heteroatoms. The van der Waals surface area contributed by atoms with Gasteiger partial charge < -0.3 is 10.1 Å². The smallest absolute Gasteiger partial charge is 0.282 e. The Kier molecular flexibility index (Phi) is 5.70. The zero-order valence-corrected chi connectivity index (χ0v) is 14.5. The van der Waals surface area contributed by atoms with E-state index in [0.717, 1.165) is 6.42 Å². The van der Waals surface area contributed by atoms with Gasteiger partial charge in [0.25, 0.3) is 11.5 Å². The molecule has 0 aliphatic carbocycles. The first kappa shape index (κ1) is 17.8. The number of carbonyl (C=O) groups is 1. The van der Waals surface area contributed by atoms with Crippen molar-refractivity contribution in [2.24, 2.45) is 0 Å². The minimum absolute atomic E-state index is 0.162. The number of hydrogen-bond donors (Lipinski definition) is 1. The van der Waals surface area contributed by atoms with E-state index in [2.05, 4.69) is 15.6 Å². The molecule has 134 valence electrons. The van der Waals surface area contributed by atoms with Crippen molar-refractivity contribution in [3.8, 4) is 5.69 Å². The predicted octanol–water partition coefficient (Wildman–Crippen LogP) is 1.94. The van der Waals surface area contributed by atoms with Crippen LogP contribution in [0.3, 0.4) is 0 Å².